The maximum absolute atomic E-state index is 12.0. The Hall–Kier alpha value is -1.31. The second kappa shape index (κ2) is 40.9. The predicted octanol–water partition coefficient (Wildman–Crippen LogP) is 17.8. The zero-order valence-corrected chi connectivity index (χ0v) is 35.6. The molecule has 1 atom stereocenters. The van der Waals surface area contributed by atoms with E-state index in [9.17, 15) is 4.79 Å². The van der Waals surface area contributed by atoms with Gasteiger partial charge in [-0.1, -0.05) is 224 Å². The molecule has 1 unspecified atom stereocenters. The van der Waals surface area contributed by atoms with Gasteiger partial charge in [-0.2, -0.15) is 0 Å². The van der Waals surface area contributed by atoms with Crippen LogP contribution in [0.4, 0.5) is 0 Å². The van der Waals surface area contributed by atoms with Gasteiger partial charge in [-0.15, -0.1) is 0 Å². The maximum atomic E-state index is 12.0. The molecule has 0 saturated carbocycles. The van der Waals surface area contributed by atoms with Gasteiger partial charge < -0.3 is 4.74 Å². The van der Waals surface area contributed by atoms with E-state index in [4.69, 9.17) is 4.74 Å². The summed E-state index contributed by atoms with van der Waals surface area (Å²) in [6.45, 7) is 4.60. The van der Waals surface area contributed by atoms with Gasteiger partial charge in [0.05, 0.1) is 0 Å². The molecule has 1 aliphatic heterocycles. The molecule has 2 nitrogen and oxygen atoms in total. The summed E-state index contributed by atoms with van der Waals surface area (Å²) in [5, 5.41) is 0. The van der Waals surface area contributed by atoms with Gasteiger partial charge in [0, 0.05) is 0 Å². The molecule has 0 aromatic carbocycles. The Morgan fingerprint density at radius 3 is 0.962 bits per heavy atom. The van der Waals surface area contributed by atoms with Crippen molar-refractivity contribution >= 4 is 5.97 Å². The van der Waals surface area contributed by atoms with Crippen LogP contribution in [0.1, 0.15) is 271 Å². The third kappa shape index (κ3) is 33.3. The minimum Gasteiger partial charge on any atom is -0.430 e. The van der Waals surface area contributed by atoms with Crippen LogP contribution in [-0.4, -0.2) is 5.97 Å². The first kappa shape index (κ1) is 48.7. The molecule has 2 heteroatoms. The summed E-state index contributed by atoms with van der Waals surface area (Å²) < 4.78 is 5.40. The molecule has 0 spiro atoms. The monoisotopic (exact) mass is 725 g/mol. The predicted molar refractivity (Wildman–Crippen MR) is 232 cm³/mol. The number of ether oxygens (including phenoxy) is 1. The van der Waals surface area contributed by atoms with Gasteiger partial charge in [0.25, 0.3) is 0 Å². The van der Waals surface area contributed by atoms with Crippen LogP contribution in [0.2, 0.25) is 0 Å². The van der Waals surface area contributed by atoms with E-state index in [1.807, 2.05) is 0 Å². The number of hydrogen-bond acceptors (Lipinski definition) is 2. The summed E-state index contributed by atoms with van der Waals surface area (Å²) in [7, 11) is 0. The van der Waals surface area contributed by atoms with Gasteiger partial charge in [0.2, 0.25) is 0 Å². The molecule has 0 aliphatic carbocycles. The summed E-state index contributed by atoms with van der Waals surface area (Å²) in [6, 6.07) is 0. The minimum atomic E-state index is 0.00301. The van der Waals surface area contributed by atoms with Crippen LogP contribution in [0.5, 0.6) is 0 Å². The number of unbranched alkanes of at least 4 members (excludes halogenated alkanes) is 35. The van der Waals surface area contributed by atoms with E-state index < -0.39 is 0 Å². The molecule has 0 radical (unpaired) electrons. The molecule has 1 rings (SSSR count). The fraction of sp³-hybridized carbons (Fsp3) is 0.860. The molecule has 1 saturated heterocycles. The first-order chi connectivity index (χ1) is 25.8. The number of allylic oxidation sites excluding steroid dienone is 5. The number of esters is 1. The zero-order valence-electron chi connectivity index (χ0n) is 35.6. The molecule has 1 aliphatic rings. The van der Waals surface area contributed by atoms with Gasteiger partial charge in [0.1, 0.15) is 11.7 Å². The quantitative estimate of drug-likeness (QED) is 0.0356. The highest BCUT2D eigenvalue weighted by Crippen LogP contribution is 2.32. The number of rotatable bonds is 42. The minimum absolute atomic E-state index is 0.00301. The highest BCUT2D eigenvalue weighted by molar-refractivity contribution is 5.82. The number of hydrogen-bond donors (Lipinski definition) is 0. The molecule has 1 fully saturated rings. The number of carbonyl (C=O) groups excluding carboxylic acids is 1. The van der Waals surface area contributed by atoms with Gasteiger partial charge in [-0.05, 0) is 76.7 Å². The van der Waals surface area contributed by atoms with Crippen LogP contribution in [0.3, 0.4) is 0 Å². The Bertz CT molecular complexity index is 822. The van der Waals surface area contributed by atoms with Crippen molar-refractivity contribution in [3.8, 4) is 0 Å². The molecule has 0 aromatic heterocycles. The maximum Gasteiger partial charge on any atom is 0.321 e. The average Bonchev–Trinajstić information content (AvgIpc) is 3.15. The van der Waals surface area contributed by atoms with Gasteiger partial charge in [0.15, 0.2) is 0 Å². The molecule has 0 aromatic rings. The van der Waals surface area contributed by atoms with Crippen LogP contribution in [0.25, 0.3) is 0 Å². The van der Waals surface area contributed by atoms with Crippen LogP contribution in [0, 0.1) is 5.92 Å². The molecular weight excluding hydrogens is 633 g/mol. The lowest BCUT2D eigenvalue weighted by Gasteiger charge is -2.28. The molecule has 52 heavy (non-hydrogen) atoms. The van der Waals surface area contributed by atoms with E-state index in [2.05, 4.69) is 44.2 Å². The highest BCUT2D eigenvalue weighted by atomic mass is 16.6. The van der Waals surface area contributed by atoms with E-state index in [1.165, 1.54) is 238 Å². The third-order valence-electron chi connectivity index (χ3n) is 11.4. The van der Waals surface area contributed by atoms with Crippen molar-refractivity contribution in [3.63, 3.8) is 0 Å². The highest BCUT2D eigenvalue weighted by Gasteiger charge is 2.36. The molecular formula is C50H92O2. The second-order valence-corrected chi connectivity index (χ2v) is 16.6. The first-order valence-corrected chi connectivity index (χ1v) is 24.0. The summed E-state index contributed by atoms with van der Waals surface area (Å²) in [4.78, 5) is 12.0. The first-order valence-electron chi connectivity index (χ1n) is 24.0. The van der Waals surface area contributed by atoms with Gasteiger partial charge in [-0.25, -0.2) is 0 Å². The lowest BCUT2D eigenvalue weighted by atomic mass is 9.93. The van der Waals surface area contributed by atoms with Crippen LogP contribution in [-0.2, 0) is 9.53 Å². The summed E-state index contributed by atoms with van der Waals surface area (Å²) >= 11 is 0. The van der Waals surface area contributed by atoms with Crippen molar-refractivity contribution in [3.05, 3.63) is 36.1 Å². The number of cyclic esters (lactones) is 1. The van der Waals surface area contributed by atoms with E-state index in [-0.39, 0.29) is 11.9 Å². The largest absolute Gasteiger partial charge is 0.430 e. The van der Waals surface area contributed by atoms with Crippen molar-refractivity contribution in [1.29, 1.82) is 0 Å². The normalized spacial score (nSPS) is 15.4. The standard InChI is InChI=1S/C50H92O2/c1-3-5-7-9-11-13-15-17-19-21-23-25-27-29-31-33-35-37-39-41-43-45-47-49-48(50(51)52-49)46-44-42-40-38-36-34-32-30-28-26-24-22-20-18-16-14-12-10-8-6-4-2/h33-36,47-48H,3-32,37-46H2,1-2H3/b35-33+,36-34+,49-47+. The van der Waals surface area contributed by atoms with Gasteiger partial charge in [-0.3, -0.25) is 4.79 Å². The Kier molecular flexibility index (Phi) is 38.3. The Morgan fingerprint density at radius 1 is 0.365 bits per heavy atom. The van der Waals surface area contributed by atoms with E-state index in [1.54, 1.807) is 0 Å². The van der Waals surface area contributed by atoms with Crippen molar-refractivity contribution in [1.82, 2.24) is 0 Å². The smallest absolute Gasteiger partial charge is 0.321 e. The van der Waals surface area contributed by atoms with Gasteiger partial charge >= 0.3 is 5.97 Å². The lowest BCUT2D eigenvalue weighted by Crippen LogP contribution is -2.32. The molecule has 0 bridgehead atoms. The summed E-state index contributed by atoms with van der Waals surface area (Å²) in [6.07, 6.45) is 66.1. The Morgan fingerprint density at radius 2 is 0.635 bits per heavy atom. The molecule has 1 heterocycles. The van der Waals surface area contributed by atoms with Crippen LogP contribution >= 0.6 is 0 Å². The van der Waals surface area contributed by atoms with Crippen molar-refractivity contribution in [2.24, 2.45) is 5.92 Å². The van der Waals surface area contributed by atoms with Crippen molar-refractivity contribution in [2.45, 2.75) is 271 Å². The van der Waals surface area contributed by atoms with Crippen LogP contribution < -0.4 is 0 Å². The third-order valence-corrected chi connectivity index (χ3v) is 11.4. The van der Waals surface area contributed by atoms with E-state index in [0.29, 0.717) is 0 Å². The Labute approximate surface area is 327 Å². The molecule has 0 N–H and O–H groups in total. The lowest BCUT2D eigenvalue weighted by molar-refractivity contribution is -0.157. The summed E-state index contributed by atoms with van der Waals surface area (Å²) in [5.74, 6) is 1.02. The van der Waals surface area contributed by atoms with Crippen molar-refractivity contribution < 1.29 is 9.53 Å². The fourth-order valence-corrected chi connectivity index (χ4v) is 7.76. The molecule has 0 amide bonds. The van der Waals surface area contributed by atoms with Crippen molar-refractivity contribution in [2.75, 3.05) is 0 Å². The van der Waals surface area contributed by atoms with E-state index >= 15 is 0 Å². The SMILES string of the molecule is CCCCCCCCCCCCCCCC/C=C/CCCCC/C=C1/OC(=O)C1CCCCC/C=C/CCCCCCCCCCCCCCCC. The fourth-order valence-electron chi connectivity index (χ4n) is 7.76. The topological polar surface area (TPSA) is 26.3 Å². The Balaban J connectivity index is 1.82. The zero-order chi connectivity index (χ0) is 37.3. The summed E-state index contributed by atoms with van der Waals surface area (Å²) in [5.41, 5.74) is 0. The van der Waals surface area contributed by atoms with E-state index in [0.717, 1.165) is 25.0 Å². The number of carbonyl (C=O) groups is 1. The second-order valence-electron chi connectivity index (χ2n) is 16.6. The average molecular weight is 725 g/mol. The van der Waals surface area contributed by atoms with Crippen LogP contribution in [0.15, 0.2) is 36.1 Å². The molecule has 304 valence electrons.